The van der Waals surface area contributed by atoms with Crippen molar-refractivity contribution < 1.29 is 0 Å². The van der Waals surface area contributed by atoms with Crippen LogP contribution in [0.15, 0.2) is 24.3 Å². The number of imidazole rings is 1. The molecule has 1 aromatic carbocycles. The van der Waals surface area contributed by atoms with E-state index < -0.39 is 0 Å². The van der Waals surface area contributed by atoms with Crippen LogP contribution < -0.4 is 5.73 Å². The van der Waals surface area contributed by atoms with Gasteiger partial charge in [0, 0.05) is 6.04 Å². The number of para-hydroxylation sites is 2. The van der Waals surface area contributed by atoms with E-state index in [-0.39, 0.29) is 6.04 Å². The Bertz CT molecular complexity index is 525. The molecule has 1 fully saturated rings. The third kappa shape index (κ3) is 1.84. The van der Waals surface area contributed by atoms with E-state index in [9.17, 15) is 0 Å². The lowest BCUT2D eigenvalue weighted by Crippen LogP contribution is -2.16. The Labute approximate surface area is 102 Å². The number of hydrogen-bond donors (Lipinski definition) is 1. The van der Waals surface area contributed by atoms with E-state index in [1.807, 2.05) is 6.07 Å². The fraction of sp³-hybridized carbons (Fsp3) is 0.500. The van der Waals surface area contributed by atoms with Crippen molar-refractivity contribution in [2.24, 2.45) is 5.73 Å². The average Bonchev–Trinajstić information content (AvgIpc) is 3.09. The summed E-state index contributed by atoms with van der Waals surface area (Å²) in [6.45, 7) is 2.17. The van der Waals surface area contributed by atoms with Crippen molar-refractivity contribution in [3.8, 4) is 0 Å². The van der Waals surface area contributed by atoms with Crippen molar-refractivity contribution in [1.82, 2.24) is 9.55 Å². The summed E-state index contributed by atoms with van der Waals surface area (Å²) in [7, 11) is 0. The first kappa shape index (κ1) is 10.8. The van der Waals surface area contributed by atoms with Crippen LogP contribution in [0.3, 0.4) is 0 Å². The van der Waals surface area contributed by atoms with Gasteiger partial charge < -0.3 is 10.3 Å². The molecule has 1 saturated carbocycles. The van der Waals surface area contributed by atoms with E-state index in [4.69, 9.17) is 10.7 Å². The highest BCUT2D eigenvalue weighted by molar-refractivity contribution is 5.76. The minimum Gasteiger partial charge on any atom is -0.324 e. The third-order valence-electron chi connectivity index (χ3n) is 3.47. The maximum absolute atomic E-state index is 6.25. The molecule has 1 atom stereocenters. The van der Waals surface area contributed by atoms with Gasteiger partial charge in [0.05, 0.1) is 17.1 Å². The van der Waals surface area contributed by atoms with Gasteiger partial charge in [0.15, 0.2) is 0 Å². The first-order valence-corrected chi connectivity index (χ1v) is 6.53. The van der Waals surface area contributed by atoms with Crippen LogP contribution in [0.1, 0.15) is 50.5 Å². The lowest BCUT2D eigenvalue weighted by molar-refractivity contribution is 0.561. The normalized spacial score (nSPS) is 17.5. The minimum atomic E-state index is 0.0769. The van der Waals surface area contributed by atoms with Gasteiger partial charge >= 0.3 is 0 Å². The molecule has 1 aliphatic carbocycles. The van der Waals surface area contributed by atoms with Gasteiger partial charge in [0.25, 0.3) is 0 Å². The summed E-state index contributed by atoms with van der Waals surface area (Å²) in [5, 5.41) is 0. The van der Waals surface area contributed by atoms with Gasteiger partial charge in [0.2, 0.25) is 0 Å². The summed E-state index contributed by atoms with van der Waals surface area (Å²) in [5.74, 6) is 1.08. The molecular formula is C14H19N3. The summed E-state index contributed by atoms with van der Waals surface area (Å²) in [5.41, 5.74) is 8.58. The number of nitrogens with zero attached hydrogens (tertiary/aromatic N) is 2. The monoisotopic (exact) mass is 229 g/mol. The van der Waals surface area contributed by atoms with Crippen LogP contribution in [0.25, 0.3) is 11.0 Å². The Morgan fingerprint density at radius 2 is 2.18 bits per heavy atom. The standard InChI is InChI=1S/C14H19N3/c1-2-5-11(15)14-16-12-6-3-4-7-13(12)17(14)10-8-9-10/h3-4,6-7,10-11H,2,5,8-9,15H2,1H3. The van der Waals surface area contributed by atoms with Crippen LogP contribution in [0, 0.1) is 0 Å². The molecule has 0 amide bonds. The summed E-state index contributed by atoms with van der Waals surface area (Å²) < 4.78 is 2.37. The molecular weight excluding hydrogens is 210 g/mol. The molecule has 0 saturated heterocycles. The predicted molar refractivity (Wildman–Crippen MR) is 69.8 cm³/mol. The number of rotatable bonds is 4. The highest BCUT2D eigenvalue weighted by Crippen LogP contribution is 2.40. The second-order valence-corrected chi connectivity index (χ2v) is 4.96. The van der Waals surface area contributed by atoms with Crippen LogP contribution in [-0.2, 0) is 0 Å². The number of nitrogens with two attached hydrogens (primary N) is 1. The van der Waals surface area contributed by atoms with E-state index in [0.717, 1.165) is 24.2 Å². The van der Waals surface area contributed by atoms with Crippen LogP contribution in [0.4, 0.5) is 0 Å². The van der Waals surface area contributed by atoms with Crippen molar-refractivity contribution in [1.29, 1.82) is 0 Å². The molecule has 1 aromatic heterocycles. The van der Waals surface area contributed by atoms with Gasteiger partial charge in [-0.05, 0) is 31.4 Å². The van der Waals surface area contributed by atoms with Crippen molar-refractivity contribution in [3.63, 3.8) is 0 Å². The van der Waals surface area contributed by atoms with Crippen LogP contribution >= 0.6 is 0 Å². The number of fused-ring (bicyclic) bond motifs is 1. The quantitative estimate of drug-likeness (QED) is 0.875. The average molecular weight is 229 g/mol. The zero-order valence-electron chi connectivity index (χ0n) is 10.3. The van der Waals surface area contributed by atoms with Crippen LogP contribution in [0.5, 0.6) is 0 Å². The van der Waals surface area contributed by atoms with Crippen molar-refractivity contribution in [2.45, 2.75) is 44.7 Å². The molecule has 90 valence electrons. The van der Waals surface area contributed by atoms with Gasteiger partial charge in [-0.25, -0.2) is 4.98 Å². The molecule has 0 spiro atoms. The lowest BCUT2D eigenvalue weighted by atomic mass is 10.1. The zero-order valence-corrected chi connectivity index (χ0v) is 10.3. The molecule has 3 nitrogen and oxygen atoms in total. The van der Waals surface area contributed by atoms with Crippen molar-refractivity contribution in [2.75, 3.05) is 0 Å². The maximum Gasteiger partial charge on any atom is 0.127 e. The van der Waals surface area contributed by atoms with Gasteiger partial charge in [-0.1, -0.05) is 25.5 Å². The summed E-state index contributed by atoms with van der Waals surface area (Å²) in [6, 6.07) is 9.08. The predicted octanol–water partition coefficient (Wildman–Crippen LogP) is 3.17. The first-order valence-electron chi connectivity index (χ1n) is 6.53. The fourth-order valence-electron chi connectivity index (χ4n) is 2.48. The molecule has 0 radical (unpaired) electrons. The second-order valence-electron chi connectivity index (χ2n) is 4.96. The molecule has 1 unspecified atom stereocenters. The molecule has 1 heterocycles. The summed E-state index contributed by atoms with van der Waals surface area (Å²) >= 11 is 0. The van der Waals surface area contributed by atoms with E-state index in [0.29, 0.717) is 6.04 Å². The van der Waals surface area contributed by atoms with Crippen LogP contribution in [0.2, 0.25) is 0 Å². The number of benzene rings is 1. The molecule has 2 aromatic rings. The SMILES string of the molecule is CCCC(N)c1nc2ccccc2n1C1CC1. The Hall–Kier alpha value is -1.35. The Kier molecular flexibility index (Phi) is 2.63. The highest BCUT2D eigenvalue weighted by atomic mass is 15.1. The Morgan fingerprint density at radius 3 is 2.88 bits per heavy atom. The molecule has 3 rings (SSSR count). The lowest BCUT2D eigenvalue weighted by Gasteiger charge is -2.13. The van der Waals surface area contributed by atoms with Crippen molar-refractivity contribution in [3.05, 3.63) is 30.1 Å². The number of aromatic nitrogens is 2. The molecule has 3 heteroatoms. The van der Waals surface area contributed by atoms with E-state index in [1.54, 1.807) is 0 Å². The van der Waals surface area contributed by atoms with Crippen LogP contribution in [-0.4, -0.2) is 9.55 Å². The minimum absolute atomic E-state index is 0.0769. The number of hydrogen-bond acceptors (Lipinski definition) is 2. The Morgan fingerprint density at radius 1 is 1.41 bits per heavy atom. The smallest absolute Gasteiger partial charge is 0.127 e. The van der Waals surface area contributed by atoms with E-state index >= 15 is 0 Å². The second kappa shape index (κ2) is 4.15. The van der Waals surface area contributed by atoms with E-state index in [1.165, 1.54) is 18.4 Å². The molecule has 2 N–H and O–H groups in total. The highest BCUT2D eigenvalue weighted by Gasteiger charge is 2.29. The summed E-state index contributed by atoms with van der Waals surface area (Å²) in [6.07, 6.45) is 4.66. The maximum atomic E-state index is 6.25. The third-order valence-corrected chi connectivity index (χ3v) is 3.47. The summed E-state index contributed by atoms with van der Waals surface area (Å²) in [4.78, 5) is 4.73. The largest absolute Gasteiger partial charge is 0.324 e. The van der Waals surface area contributed by atoms with Gasteiger partial charge in [-0.15, -0.1) is 0 Å². The molecule has 0 bridgehead atoms. The first-order chi connectivity index (χ1) is 8.31. The zero-order chi connectivity index (χ0) is 11.8. The van der Waals surface area contributed by atoms with E-state index in [2.05, 4.69) is 29.7 Å². The fourth-order valence-corrected chi connectivity index (χ4v) is 2.48. The topological polar surface area (TPSA) is 43.8 Å². The molecule has 1 aliphatic rings. The molecule has 17 heavy (non-hydrogen) atoms. The Balaban J connectivity index is 2.12. The van der Waals surface area contributed by atoms with Crippen molar-refractivity contribution >= 4 is 11.0 Å². The molecule has 0 aliphatic heterocycles. The van der Waals surface area contributed by atoms with Gasteiger partial charge in [-0.3, -0.25) is 0 Å². The van der Waals surface area contributed by atoms with Gasteiger partial charge in [-0.2, -0.15) is 0 Å². The van der Waals surface area contributed by atoms with Gasteiger partial charge in [0.1, 0.15) is 5.82 Å².